The Kier molecular flexibility index (Phi) is 3.99. The van der Waals surface area contributed by atoms with Crippen LogP contribution in [0.5, 0.6) is 0 Å². The maximum atomic E-state index is 8.92. The van der Waals surface area contributed by atoms with Crippen molar-refractivity contribution in [2.24, 2.45) is 5.92 Å². The van der Waals surface area contributed by atoms with Gasteiger partial charge in [0.05, 0.1) is 6.07 Å². The fraction of sp³-hybridized carbons (Fsp3) is 0.917. The normalized spacial score (nSPS) is 30.7. The van der Waals surface area contributed by atoms with Gasteiger partial charge in [0.15, 0.2) is 0 Å². The second kappa shape index (κ2) is 5.48. The number of hydrogen-bond donors (Lipinski definition) is 0. The third kappa shape index (κ3) is 2.93. The van der Waals surface area contributed by atoms with E-state index >= 15 is 0 Å². The molecule has 1 atom stereocenters. The van der Waals surface area contributed by atoms with Crippen molar-refractivity contribution in [1.82, 2.24) is 4.90 Å². The maximum Gasteiger partial charge on any atom is 0.0656 e. The first-order chi connectivity index (χ1) is 7.40. The molecule has 15 heavy (non-hydrogen) atoms. The lowest BCUT2D eigenvalue weighted by Gasteiger charge is -2.33. The number of likely N-dealkylation sites (tertiary alicyclic amines) is 1. The monoisotopic (exact) mass is 208 g/mol. The third-order valence-electron chi connectivity index (χ3n) is 3.65. The first-order valence-corrected chi connectivity index (χ1v) is 6.11. The molecule has 2 aliphatic heterocycles. The van der Waals surface area contributed by atoms with Crippen LogP contribution < -0.4 is 0 Å². The van der Waals surface area contributed by atoms with Gasteiger partial charge in [-0.1, -0.05) is 0 Å². The van der Waals surface area contributed by atoms with Crippen LogP contribution in [0.3, 0.4) is 0 Å². The minimum absolute atomic E-state index is 0.301. The molecule has 3 heteroatoms. The van der Waals surface area contributed by atoms with E-state index < -0.39 is 0 Å². The molecule has 2 saturated heterocycles. The number of nitrogens with zero attached hydrogens (tertiary/aromatic N) is 2. The van der Waals surface area contributed by atoms with Crippen LogP contribution in [0, 0.1) is 17.2 Å². The van der Waals surface area contributed by atoms with Gasteiger partial charge >= 0.3 is 0 Å². The van der Waals surface area contributed by atoms with E-state index in [0.717, 1.165) is 38.6 Å². The zero-order chi connectivity index (χ0) is 10.5. The summed E-state index contributed by atoms with van der Waals surface area (Å²) in [6, 6.07) is 3.13. The minimum atomic E-state index is 0.301. The fourth-order valence-corrected chi connectivity index (χ4v) is 2.66. The van der Waals surface area contributed by atoms with Crippen LogP contribution in [0.15, 0.2) is 0 Å². The van der Waals surface area contributed by atoms with Gasteiger partial charge < -0.3 is 9.64 Å². The lowest BCUT2D eigenvalue weighted by molar-refractivity contribution is 0.0351. The van der Waals surface area contributed by atoms with E-state index in [-0.39, 0.29) is 0 Å². The SMILES string of the molecule is N#CC1CCCN(C2CCOCC2)CC1. The zero-order valence-corrected chi connectivity index (χ0v) is 9.32. The molecule has 0 saturated carbocycles. The molecule has 2 rings (SSSR count). The van der Waals surface area contributed by atoms with Crippen LogP contribution in [0.2, 0.25) is 0 Å². The zero-order valence-electron chi connectivity index (χ0n) is 9.32. The van der Waals surface area contributed by atoms with Crippen molar-refractivity contribution >= 4 is 0 Å². The molecule has 0 aliphatic carbocycles. The largest absolute Gasteiger partial charge is 0.381 e. The Morgan fingerprint density at radius 1 is 1.07 bits per heavy atom. The van der Waals surface area contributed by atoms with Gasteiger partial charge in [-0.2, -0.15) is 5.26 Å². The van der Waals surface area contributed by atoms with Gasteiger partial charge in [-0.05, 0) is 45.2 Å². The van der Waals surface area contributed by atoms with Crippen molar-refractivity contribution in [3.63, 3.8) is 0 Å². The highest BCUT2D eigenvalue weighted by molar-refractivity contribution is 4.87. The summed E-state index contributed by atoms with van der Waals surface area (Å²) in [6.45, 7) is 4.14. The Balaban J connectivity index is 1.84. The summed E-state index contributed by atoms with van der Waals surface area (Å²) in [4.78, 5) is 2.58. The Bertz CT molecular complexity index is 230. The molecule has 1 unspecified atom stereocenters. The molecule has 84 valence electrons. The molecule has 0 amide bonds. The quantitative estimate of drug-likeness (QED) is 0.659. The standard InChI is InChI=1S/C12H20N2O/c13-10-11-2-1-6-14(7-3-11)12-4-8-15-9-5-12/h11-12H,1-9H2. The van der Waals surface area contributed by atoms with E-state index in [9.17, 15) is 0 Å². The summed E-state index contributed by atoms with van der Waals surface area (Å²) in [5.74, 6) is 0.301. The molecule has 0 N–H and O–H groups in total. The first-order valence-electron chi connectivity index (χ1n) is 6.11. The highest BCUT2D eigenvalue weighted by atomic mass is 16.5. The summed E-state index contributed by atoms with van der Waals surface area (Å²) in [5.41, 5.74) is 0. The van der Waals surface area contributed by atoms with E-state index in [1.165, 1.54) is 25.8 Å². The first kappa shape index (κ1) is 10.9. The lowest BCUT2D eigenvalue weighted by atomic mass is 10.0. The van der Waals surface area contributed by atoms with Crippen molar-refractivity contribution in [2.45, 2.75) is 38.1 Å². The number of nitriles is 1. The number of rotatable bonds is 1. The van der Waals surface area contributed by atoms with Gasteiger partial charge in [-0.25, -0.2) is 0 Å². The van der Waals surface area contributed by atoms with Gasteiger partial charge in [-0.15, -0.1) is 0 Å². The fourth-order valence-electron chi connectivity index (χ4n) is 2.66. The molecule has 0 radical (unpaired) electrons. The minimum Gasteiger partial charge on any atom is -0.381 e. The van der Waals surface area contributed by atoms with Gasteiger partial charge in [0, 0.05) is 25.2 Å². The summed E-state index contributed by atoms with van der Waals surface area (Å²) in [7, 11) is 0. The predicted octanol–water partition coefficient (Wildman–Crippen LogP) is 1.79. The molecule has 2 aliphatic rings. The molecular weight excluding hydrogens is 188 g/mol. The van der Waals surface area contributed by atoms with Gasteiger partial charge in [0.2, 0.25) is 0 Å². The molecule has 2 fully saturated rings. The van der Waals surface area contributed by atoms with E-state index in [1.807, 2.05) is 0 Å². The van der Waals surface area contributed by atoms with Gasteiger partial charge in [-0.3, -0.25) is 0 Å². The van der Waals surface area contributed by atoms with Crippen molar-refractivity contribution in [2.75, 3.05) is 26.3 Å². The summed E-state index contributed by atoms with van der Waals surface area (Å²) < 4.78 is 5.39. The van der Waals surface area contributed by atoms with Crippen LogP contribution in [-0.2, 0) is 4.74 Å². The van der Waals surface area contributed by atoms with Crippen LogP contribution >= 0.6 is 0 Å². The van der Waals surface area contributed by atoms with E-state index in [2.05, 4.69) is 11.0 Å². The second-order valence-corrected chi connectivity index (χ2v) is 4.64. The summed E-state index contributed by atoms with van der Waals surface area (Å²) >= 11 is 0. The highest BCUT2D eigenvalue weighted by Gasteiger charge is 2.24. The Morgan fingerprint density at radius 3 is 2.60 bits per heavy atom. The van der Waals surface area contributed by atoms with E-state index in [0.29, 0.717) is 5.92 Å². The van der Waals surface area contributed by atoms with E-state index in [1.54, 1.807) is 0 Å². The maximum absolute atomic E-state index is 8.92. The van der Waals surface area contributed by atoms with E-state index in [4.69, 9.17) is 10.00 Å². The topological polar surface area (TPSA) is 36.3 Å². The molecule has 2 heterocycles. The van der Waals surface area contributed by atoms with Crippen LogP contribution in [0.25, 0.3) is 0 Å². The van der Waals surface area contributed by atoms with Crippen molar-refractivity contribution in [3.05, 3.63) is 0 Å². The highest BCUT2D eigenvalue weighted by Crippen LogP contribution is 2.22. The summed E-state index contributed by atoms with van der Waals surface area (Å²) in [6.07, 6.45) is 5.70. The predicted molar refractivity (Wildman–Crippen MR) is 58.4 cm³/mol. The van der Waals surface area contributed by atoms with Gasteiger partial charge in [0.25, 0.3) is 0 Å². The average Bonchev–Trinajstić information content (AvgIpc) is 2.55. The molecule has 0 spiro atoms. The van der Waals surface area contributed by atoms with Crippen LogP contribution in [0.1, 0.15) is 32.1 Å². The molecule has 0 aromatic heterocycles. The molecular formula is C12H20N2O. The average molecular weight is 208 g/mol. The smallest absolute Gasteiger partial charge is 0.0656 e. The Morgan fingerprint density at radius 2 is 1.87 bits per heavy atom. The van der Waals surface area contributed by atoms with Crippen molar-refractivity contribution < 1.29 is 4.74 Å². The number of hydrogen-bond acceptors (Lipinski definition) is 3. The Hall–Kier alpha value is -0.590. The van der Waals surface area contributed by atoms with Crippen LogP contribution in [0.4, 0.5) is 0 Å². The molecule has 0 aromatic carbocycles. The third-order valence-corrected chi connectivity index (χ3v) is 3.65. The molecule has 0 aromatic rings. The Labute approximate surface area is 92.0 Å². The summed E-state index contributed by atoms with van der Waals surface area (Å²) in [5, 5.41) is 8.92. The molecule has 3 nitrogen and oxygen atoms in total. The molecule has 0 bridgehead atoms. The van der Waals surface area contributed by atoms with Crippen molar-refractivity contribution in [3.8, 4) is 6.07 Å². The van der Waals surface area contributed by atoms with Gasteiger partial charge in [0.1, 0.15) is 0 Å². The van der Waals surface area contributed by atoms with Crippen LogP contribution in [-0.4, -0.2) is 37.2 Å². The second-order valence-electron chi connectivity index (χ2n) is 4.64. The number of ether oxygens (including phenoxy) is 1. The van der Waals surface area contributed by atoms with Crippen molar-refractivity contribution in [1.29, 1.82) is 5.26 Å². The lowest BCUT2D eigenvalue weighted by Crippen LogP contribution is -2.40.